The van der Waals surface area contributed by atoms with Gasteiger partial charge in [0.2, 0.25) is 0 Å². The Labute approximate surface area is 111 Å². The van der Waals surface area contributed by atoms with E-state index in [9.17, 15) is 5.11 Å². The SMILES string of the molecule is CC(C)[C@H](C[C@H](O)C(C)C)NCc1ccccc1. The van der Waals surface area contributed by atoms with E-state index in [2.05, 4.69) is 57.3 Å². The van der Waals surface area contributed by atoms with Crippen LogP contribution in [0.3, 0.4) is 0 Å². The van der Waals surface area contributed by atoms with Gasteiger partial charge in [-0.1, -0.05) is 58.0 Å². The zero-order valence-corrected chi connectivity index (χ0v) is 12.1. The zero-order chi connectivity index (χ0) is 13.5. The van der Waals surface area contributed by atoms with Gasteiger partial charge in [0.25, 0.3) is 0 Å². The highest BCUT2D eigenvalue weighted by molar-refractivity contribution is 5.14. The quantitative estimate of drug-likeness (QED) is 0.777. The summed E-state index contributed by atoms with van der Waals surface area (Å²) in [5.74, 6) is 0.854. The van der Waals surface area contributed by atoms with Crippen molar-refractivity contribution in [2.24, 2.45) is 11.8 Å². The highest BCUT2D eigenvalue weighted by Gasteiger charge is 2.19. The molecular formula is C16H27NO. The van der Waals surface area contributed by atoms with Crippen LogP contribution in [0.4, 0.5) is 0 Å². The first-order valence-electron chi connectivity index (χ1n) is 6.96. The van der Waals surface area contributed by atoms with Crippen molar-refractivity contribution in [1.29, 1.82) is 0 Å². The molecule has 1 aromatic rings. The topological polar surface area (TPSA) is 32.3 Å². The molecule has 2 heteroatoms. The molecule has 0 saturated carbocycles. The average Bonchev–Trinajstić information content (AvgIpc) is 2.34. The average molecular weight is 249 g/mol. The maximum Gasteiger partial charge on any atom is 0.0578 e. The Morgan fingerprint density at radius 3 is 2.11 bits per heavy atom. The van der Waals surface area contributed by atoms with Crippen molar-refractivity contribution < 1.29 is 5.11 Å². The van der Waals surface area contributed by atoms with Crippen LogP contribution in [0, 0.1) is 11.8 Å². The fraction of sp³-hybridized carbons (Fsp3) is 0.625. The van der Waals surface area contributed by atoms with Gasteiger partial charge in [0, 0.05) is 12.6 Å². The number of aliphatic hydroxyl groups is 1. The Morgan fingerprint density at radius 2 is 1.61 bits per heavy atom. The van der Waals surface area contributed by atoms with Crippen molar-refractivity contribution in [3.05, 3.63) is 35.9 Å². The van der Waals surface area contributed by atoms with Crippen molar-refractivity contribution in [2.75, 3.05) is 0 Å². The van der Waals surface area contributed by atoms with Crippen molar-refractivity contribution in [3.63, 3.8) is 0 Å². The van der Waals surface area contributed by atoms with Gasteiger partial charge in [-0.2, -0.15) is 0 Å². The molecule has 0 radical (unpaired) electrons. The zero-order valence-electron chi connectivity index (χ0n) is 12.1. The number of benzene rings is 1. The van der Waals surface area contributed by atoms with Gasteiger partial charge in [0.1, 0.15) is 0 Å². The first kappa shape index (κ1) is 15.2. The van der Waals surface area contributed by atoms with Crippen molar-refractivity contribution >= 4 is 0 Å². The monoisotopic (exact) mass is 249 g/mol. The van der Waals surface area contributed by atoms with Crippen LogP contribution in [-0.2, 0) is 6.54 Å². The minimum absolute atomic E-state index is 0.222. The summed E-state index contributed by atoms with van der Waals surface area (Å²) in [5.41, 5.74) is 1.29. The number of rotatable bonds is 7. The van der Waals surface area contributed by atoms with Gasteiger partial charge in [0.05, 0.1) is 6.10 Å². The molecule has 0 aliphatic heterocycles. The summed E-state index contributed by atoms with van der Waals surface area (Å²) >= 11 is 0. The van der Waals surface area contributed by atoms with Gasteiger partial charge in [-0.15, -0.1) is 0 Å². The lowest BCUT2D eigenvalue weighted by atomic mass is 9.93. The van der Waals surface area contributed by atoms with E-state index in [1.54, 1.807) is 0 Å². The minimum atomic E-state index is -0.222. The highest BCUT2D eigenvalue weighted by Crippen LogP contribution is 2.14. The van der Waals surface area contributed by atoms with Crippen LogP contribution in [0.25, 0.3) is 0 Å². The minimum Gasteiger partial charge on any atom is -0.393 e. The molecule has 0 spiro atoms. The van der Waals surface area contributed by atoms with E-state index < -0.39 is 0 Å². The Morgan fingerprint density at radius 1 is 1.00 bits per heavy atom. The van der Waals surface area contributed by atoms with Gasteiger partial charge in [-0.3, -0.25) is 0 Å². The normalized spacial score (nSPS) is 15.1. The van der Waals surface area contributed by atoms with Crippen molar-refractivity contribution in [3.8, 4) is 0 Å². The highest BCUT2D eigenvalue weighted by atomic mass is 16.3. The van der Waals surface area contributed by atoms with Crippen LogP contribution in [0.5, 0.6) is 0 Å². The third kappa shape index (κ3) is 5.19. The van der Waals surface area contributed by atoms with Crippen molar-refractivity contribution in [1.82, 2.24) is 5.32 Å². The molecule has 0 aromatic heterocycles. The summed E-state index contributed by atoms with van der Waals surface area (Å²) < 4.78 is 0. The summed E-state index contributed by atoms with van der Waals surface area (Å²) in [6.07, 6.45) is 0.600. The molecule has 2 atom stereocenters. The molecule has 0 aliphatic carbocycles. The maximum atomic E-state index is 10.0. The largest absolute Gasteiger partial charge is 0.393 e. The predicted octanol–water partition coefficient (Wildman–Crippen LogP) is 3.21. The second kappa shape index (κ2) is 7.55. The molecule has 2 N–H and O–H groups in total. The van der Waals surface area contributed by atoms with E-state index in [1.807, 2.05) is 6.07 Å². The summed E-state index contributed by atoms with van der Waals surface area (Å²) in [6, 6.07) is 10.8. The van der Waals surface area contributed by atoms with Gasteiger partial charge in [-0.05, 0) is 23.8 Å². The number of hydrogen-bond donors (Lipinski definition) is 2. The lowest BCUT2D eigenvalue weighted by molar-refractivity contribution is 0.0958. The third-order valence-corrected chi connectivity index (χ3v) is 3.48. The second-order valence-corrected chi connectivity index (χ2v) is 5.76. The third-order valence-electron chi connectivity index (χ3n) is 3.48. The second-order valence-electron chi connectivity index (χ2n) is 5.76. The van der Waals surface area contributed by atoms with Gasteiger partial charge in [0.15, 0.2) is 0 Å². The molecule has 0 bridgehead atoms. The maximum absolute atomic E-state index is 10.0. The summed E-state index contributed by atoms with van der Waals surface area (Å²) in [7, 11) is 0. The molecule has 2 nitrogen and oxygen atoms in total. The molecule has 1 rings (SSSR count). The molecule has 1 aromatic carbocycles. The smallest absolute Gasteiger partial charge is 0.0578 e. The van der Waals surface area contributed by atoms with Crippen LogP contribution < -0.4 is 5.32 Å². The van der Waals surface area contributed by atoms with Crippen LogP contribution in [-0.4, -0.2) is 17.3 Å². The number of nitrogens with one attached hydrogen (secondary N) is 1. The molecule has 0 fully saturated rings. The van der Waals surface area contributed by atoms with Crippen molar-refractivity contribution in [2.45, 2.75) is 52.8 Å². The molecule has 0 amide bonds. The van der Waals surface area contributed by atoms with Gasteiger partial charge in [-0.25, -0.2) is 0 Å². The van der Waals surface area contributed by atoms with E-state index in [0.29, 0.717) is 17.9 Å². The lowest BCUT2D eigenvalue weighted by Gasteiger charge is -2.26. The fourth-order valence-electron chi connectivity index (χ4n) is 1.97. The van der Waals surface area contributed by atoms with Gasteiger partial charge < -0.3 is 10.4 Å². The van der Waals surface area contributed by atoms with E-state index in [-0.39, 0.29) is 6.10 Å². The first-order valence-corrected chi connectivity index (χ1v) is 6.96. The van der Waals surface area contributed by atoms with E-state index in [4.69, 9.17) is 0 Å². The molecule has 0 unspecified atom stereocenters. The van der Waals surface area contributed by atoms with E-state index in [1.165, 1.54) is 5.56 Å². The standard InChI is InChI=1S/C16H27NO/c1-12(2)15(10-16(18)13(3)4)17-11-14-8-6-5-7-9-14/h5-9,12-13,15-18H,10-11H2,1-4H3/t15-,16-/m0/s1. The number of aliphatic hydroxyl groups excluding tert-OH is 1. The first-order chi connectivity index (χ1) is 8.50. The Kier molecular flexibility index (Phi) is 6.37. The Bertz CT molecular complexity index is 321. The molecule has 0 saturated heterocycles. The molecular weight excluding hydrogens is 222 g/mol. The summed E-state index contributed by atoms with van der Waals surface area (Å²) in [4.78, 5) is 0. The van der Waals surface area contributed by atoms with Crippen LogP contribution in [0.15, 0.2) is 30.3 Å². The molecule has 102 valence electrons. The summed E-state index contributed by atoms with van der Waals surface area (Å²) in [5, 5.41) is 13.6. The molecule has 18 heavy (non-hydrogen) atoms. The molecule has 0 heterocycles. The predicted molar refractivity (Wildman–Crippen MR) is 77.4 cm³/mol. The Hall–Kier alpha value is -0.860. The fourth-order valence-corrected chi connectivity index (χ4v) is 1.97. The van der Waals surface area contributed by atoms with Gasteiger partial charge >= 0.3 is 0 Å². The van der Waals surface area contributed by atoms with Crippen LogP contribution in [0.1, 0.15) is 39.7 Å². The summed E-state index contributed by atoms with van der Waals surface area (Å²) in [6.45, 7) is 9.42. The van der Waals surface area contributed by atoms with Crippen LogP contribution >= 0.6 is 0 Å². The van der Waals surface area contributed by atoms with E-state index in [0.717, 1.165) is 13.0 Å². The molecule has 0 aliphatic rings. The van der Waals surface area contributed by atoms with E-state index >= 15 is 0 Å². The lowest BCUT2D eigenvalue weighted by Crippen LogP contribution is -2.37. The van der Waals surface area contributed by atoms with Crippen LogP contribution in [0.2, 0.25) is 0 Å². The number of hydrogen-bond acceptors (Lipinski definition) is 2. The Balaban J connectivity index is 2.48.